The standard InChI is InChI=1S/C25H37NO3Si/c1-6-30(7-2,8-3)29-24(18-26-17-20-12-10-9-11-13-20)21-14-15-23-22(16-21)19-27-25(4,5)28-23/h9-16,24,26H,6-8,17-19H2,1-5H3/t24-/m1/s1. The Labute approximate surface area is 183 Å². The minimum atomic E-state index is -1.75. The van der Waals surface area contributed by atoms with Crippen LogP contribution in [0.2, 0.25) is 18.1 Å². The molecule has 0 spiro atoms. The van der Waals surface area contributed by atoms with Gasteiger partial charge in [0.25, 0.3) is 0 Å². The Balaban J connectivity index is 1.79. The topological polar surface area (TPSA) is 39.7 Å². The Bertz CT molecular complexity index is 797. The third kappa shape index (κ3) is 5.73. The fourth-order valence-corrected chi connectivity index (χ4v) is 6.85. The molecule has 1 atom stereocenters. The van der Waals surface area contributed by atoms with Crippen LogP contribution in [-0.2, 0) is 22.3 Å². The van der Waals surface area contributed by atoms with Crippen molar-refractivity contribution in [1.29, 1.82) is 0 Å². The van der Waals surface area contributed by atoms with Gasteiger partial charge in [0.05, 0.1) is 12.7 Å². The molecule has 0 bridgehead atoms. The molecule has 5 heteroatoms. The molecule has 1 aliphatic rings. The van der Waals surface area contributed by atoms with E-state index in [4.69, 9.17) is 13.9 Å². The predicted octanol–water partition coefficient (Wildman–Crippen LogP) is 6.18. The average molecular weight is 428 g/mol. The van der Waals surface area contributed by atoms with Crippen molar-refractivity contribution in [2.75, 3.05) is 6.54 Å². The van der Waals surface area contributed by atoms with E-state index in [0.717, 1.165) is 42.5 Å². The third-order valence-electron chi connectivity index (χ3n) is 6.21. The lowest BCUT2D eigenvalue weighted by Gasteiger charge is -2.35. The molecule has 3 rings (SSSR count). The summed E-state index contributed by atoms with van der Waals surface area (Å²) in [4.78, 5) is 0. The van der Waals surface area contributed by atoms with Crippen LogP contribution >= 0.6 is 0 Å². The zero-order chi connectivity index (χ0) is 21.6. The van der Waals surface area contributed by atoms with Gasteiger partial charge in [0.15, 0.2) is 8.32 Å². The highest BCUT2D eigenvalue weighted by molar-refractivity contribution is 6.73. The Morgan fingerprint density at radius 3 is 2.40 bits per heavy atom. The normalized spacial score (nSPS) is 16.6. The maximum Gasteiger partial charge on any atom is 0.205 e. The van der Waals surface area contributed by atoms with E-state index >= 15 is 0 Å². The third-order valence-corrected chi connectivity index (χ3v) is 10.9. The van der Waals surface area contributed by atoms with E-state index in [1.165, 1.54) is 11.1 Å². The predicted molar refractivity (Wildman–Crippen MR) is 125 cm³/mol. The van der Waals surface area contributed by atoms with Crippen LogP contribution < -0.4 is 10.1 Å². The molecule has 0 radical (unpaired) electrons. The molecular formula is C25H37NO3Si. The second-order valence-electron chi connectivity index (χ2n) is 8.62. The Kier molecular flexibility index (Phi) is 7.74. The van der Waals surface area contributed by atoms with Crippen molar-refractivity contribution >= 4 is 8.32 Å². The molecule has 4 nitrogen and oxygen atoms in total. The van der Waals surface area contributed by atoms with Crippen LogP contribution in [-0.4, -0.2) is 20.6 Å². The van der Waals surface area contributed by atoms with Crippen LogP contribution in [0, 0.1) is 0 Å². The summed E-state index contributed by atoms with van der Waals surface area (Å²) in [6.45, 7) is 12.9. The maximum absolute atomic E-state index is 6.94. The molecule has 0 fully saturated rings. The number of hydrogen-bond acceptors (Lipinski definition) is 4. The number of hydrogen-bond donors (Lipinski definition) is 1. The van der Waals surface area contributed by atoms with Gasteiger partial charge in [0.1, 0.15) is 5.75 Å². The van der Waals surface area contributed by atoms with E-state index in [0.29, 0.717) is 6.61 Å². The average Bonchev–Trinajstić information content (AvgIpc) is 2.76. The first-order valence-corrected chi connectivity index (χ1v) is 13.8. The van der Waals surface area contributed by atoms with Crippen LogP contribution in [0.3, 0.4) is 0 Å². The largest absolute Gasteiger partial charge is 0.463 e. The van der Waals surface area contributed by atoms with Crippen LogP contribution in [0.1, 0.15) is 57.4 Å². The summed E-state index contributed by atoms with van der Waals surface area (Å²) in [6.07, 6.45) is 0.0282. The van der Waals surface area contributed by atoms with E-state index in [1.54, 1.807) is 0 Å². The fraction of sp³-hybridized carbons (Fsp3) is 0.520. The summed E-state index contributed by atoms with van der Waals surface area (Å²) in [5.41, 5.74) is 3.59. The summed E-state index contributed by atoms with van der Waals surface area (Å²) in [5.74, 6) is 0.340. The molecule has 0 saturated heterocycles. The molecule has 1 heterocycles. The molecule has 0 unspecified atom stereocenters. The van der Waals surface area contributed by atoms with Crippen molar-refractivity contribution in [2.45, 2.75) is 77.8 Å². The molecule has 2 aromatic carbocycles. The zero-order valence-electron chi connectivity index (χ0n) is 19.2. The van der Waals surface area contributed by atoms with Crippen LogP contribution in [0.25, 0.3) is 0 Å². The highest BCUT2D eigenvalue weighted by Crippen LogP contribution is 2.35. The quantitative estimate of drug-likeness (QED) is 0.459. The lowest BCUT2D eigenvalue weighted by molar-refractivity contribution is -0.180. The maximum atomic E-state index is 6.94. The zero-order valence-corrected chi connectivity index (χ0v) is 20.2. The van der Waals surface area contributed by atoms with Gasteiger partial charge in [-0.1, -0.05) is 57.2 Å². The van der Waals surface area contributed by atoms with Gasteiger partial charge < -0.3 is 19.2 Å². The van der Waals surface area contributed by atoms with Crippen molar-refractivity contribution in [3.05, 3.63) is 65.2 Å². The summed E-state index contributed by atoms with van der Waals surface area (Å²) in [6, 6.07) is 20.4. The molecule has 0 amide bonds. The van der Waals surface area contributed by atoms with Gasteiger partial charge >= 0.3 is 0 Å². The summed E-state index contributed by atoms with van der Waals surface area (Å²) in [5, 5.41) is 3.62. The molecule has 2 aromatic rings. The van der Waals surface area contributed by atoms with Gasteiger partial charge in [-0.2, -0.15) is 0 Å². The van der Waals surface area contributed by atoms with Gasteiger partial charge in [0.2, 0.25) is 5.79 Å². The van der Waals surface area contributed by atoms with Crippen LogP contribution in [0.5, 0.6) is 5.75 Å². The number of rotatable bonds is 10. The first-order valence-electron chi connectivity index (χ1n) is 11.3. The van der Waals surface area contributed by atoms with Crippen LogP contribution in [0.4, 0.5) is 0 Å². The highest BCUT2D eigenvalue weighted by atomic mass is 28.4. The van der Waals surface area contributed by atoms with Gasteiger partial charge in [-0.3, -0.25) is 0 Å². The van der Waals surface area contributed by atoms with Crippen molar-refractivity contribution < 1.29 is 13.9 Å². The number of benzene rings is 2. The molecule has 1 N–H and O–H groups in total. The summed E-state index contributed by atoms with van der Waals surface area (Å²) >= 11 is 0. The molecule has 0 aliphatic carbocycles. The van der Waals surface area contributed by atoms with E-state index < -0.39 is 14.1 Å². The summed E-state index contributed by atoms with van der Waals surface area (Å²) < 4.78 is 18.8. The molecular weight excluding hydrogens is 390 g/mol. The monoisotopic (exact) mass is 427 g/mol. The van der Waals surface area contributed by atoms with Gasteiger partial charge in [0, 0.05) is 32.5 Å². The van der Waals surface area contributed by atoms with Gasteiger partial charge in [-0.05, 0) is 41.4 Å². The minimum absolute atomic E-state index is 0.0282. The molecule has 0 saturated carbocycles. The molecule has 164 valence electrons. The van der Waals surface area contributed by atoms with Crippen LogP contribution in [0.15, 0.2) is 48.5 Å². The van der Waals surface area contributed by atoms with Crippen molar-refractivity contribution in [3.8, 4) is 5.75 Å². The van der Waals surface area contributed by atoms with Gasteiger partial charge in [-0.15, -0.1) is 0 Å². The molecule has 1 aliphatic heterocycles. The van der Waals surface area contributed by atoms with Crippen molar-refractivity contribution in [3.63, 3.8) is 0 Å². The Hall–Kier alpha value is -1.66. The smallest absolute Gasteiger partial charge is 0.205 e. The lowest BCUT2D eigenvalue weighted by Crippen LogP contribution is -2.40. The molecule has 30 heavy (non-hydrogen) atoms. The Morgan fingerprint density at radius 2 is 1.73 bits per heavy atom. The number of nitrogens with one attached hydrogen (secondary N) is 1. The highest BCUT2D eigenvalue weighted by Gasteiger charge is 2.33. The van der Waals surface area contributed by atoms with E-state index in [-0.39, 0.29) is 6.10 Å². The van der Waals surface area contributed by atoms with Gasteiger partial charge in [-0.25, -0.2) is 0 Å². The first kappa shape index (κ1) is 23.0. The first-order chi connectivity index (χ1) is 14.4. The lowest BCUT2D eigenvalue weighted by atomic mass is 10.0. The minimum Gasteiger partial charge on any atom is -0.463 e. The number of fused-ring (bicyclic) bond motifs is 1. The van der Waals surface area contributed by atoms with E-state index in [9.17, 15) is 0 Å². The SMILES string of the molecule is CC[Si](CC)(CC)O[C@H](CNCc1ccccc1)c1ccc2c(c1)COC(C)(C)O2. The van der Waals surface area contributed by atoms with Crippen molar-refractivity contribution in [2.24, 2.45) is 0 Å². The molecule has 0 aromatic heterocycles. The second kappa shape index (κ2) is 10.1. The van der Waals surface area contributed by atoms with Crippen molar-refractivity contribution in [1.82, 2.24) is 5.32 Å². The number of ether oxygens (including phenoxy) is 2. The Morgan fingerprint density at radius 1 is 1.03 bits per heavy atom. The second-order valence-corrected chi connectivity index (χ2v) is 13.3. The summed E-state index contributed by atoms with van der Waals surface area (Å²) in [7, 11) is -1.75. The van der Waals surface area contributed by atoms with E-state index in [1.807, 2.05) is 13.8 Å². The van der Waals surface area contributed by atoms with E-state index in [2.05, 4.69) is 74.6 Å². The fourth-order valence-electron chi connectivity index (χ4n) is 4.03.